The fourth-order valence-electron chi connectivity index (χ4n) is 1.85. The summed E-state index contributed by atoms with van der Waals surface area (Å²) in [6.45, 7) is -0.142. The van der Waals surface area contributed by atoms with E-state index in [1.165, 1.54) is 5.48 Å². The van der Waals surface area contributed by atoms with Gasteiger partial charge >= 0.3 is 0 Å². The van der Waals surface area contributed by atoms with Crippen LogP contribution in [0.4, 0.5) is 0 Å². The van der Waals surface area contributed by atoms with Gasteiger partial charge in [-0.15, -0.1) is 0 Å². The van der Waals surface area contributed by atoms with Gasteiger partial charge < -0.3 is 11.1 Å². The minimum Gasteiger partial charge on any atom is -0.339 e. The first-order valence-electron chi connectivity index (χ1n) is 7.22. The van der Waals surface area contributed by atoms with Gasteiger partial charge in [-0.2, -0.15) is 0 Å². The molecule has 0 fully saturated rings. The van der Waals surface area contributed by atoms with Crippen molar-refractivity contribution >= 4 is 23.4 Å². The van der Waals surface area contributed by atoms with Crippen molar-refractivity contribution < 1.29 is 14.8 Å². The van der Waals surface area contributed by atoms with Gasteiger partial charge in [0.05, 0.1) is 0 Å². The minimum absolute atomic E-state index is 0.142. The van der Waals surface area contributed by atoms with E-state index in [9.17, 15) is 9.59 Å². The summed E-state index contributed by atoms with van der Waals surface area (Å²) in [5.74, 6) is 4.61. The number of carbonyl (C=O) groups excluding carboxylic acids is 2. The lowest BCUT2D eigenvalue weighted by Gasteiger charge is -2.14. The third kappa shape index (κ3) is 5.29. The standard InChI is InChI=1S/C17H15ClN4O3/c18-15-8-5-12(10-20-15)2-1-11-3-6-13(7-4-11)16(23)21-14(9-19)17(24)22-25/h3-8,10,14,25H,9,19H2,(H,21,23)(H,22,24)/t14-/m0/s1. The van der Waals surface area contributed by atoms with E-state index in [1.807, 2.05) is 0 Å². The largest absolute Gasteiger partial charge is 0.339 e. The van der Waals surface area contributed by atoms with Gasteiger partial charge in [0, 0.05) is 29.4 Å². The van der Waals surface area contributed by atoms with Crippen LogP contribution >= 0.6 is 11.6 Å². The molecule has 128 valence electrons. The van der Waals surface area contributed by atoms with Gasteiger partial charge in [0.25, 0.3) is 11.8 Å². The summed E-state index contributed by atoms with van der Waals surface area (Å²) in [6.07, 6.45) is 1.57. The van der Waals surface area contributed by atoms with E-state index >= 15 is 0 Å². The highest BCUT2D eigenvalue weighted by molar-refractivity contribution is 6.29. The molecule has 0 radical (unpaired) electrons. The number of amides is 2. The van der Waals surface area contributed by atoms with Gasteiger partial charge in [0.1, 0.15) is 11.2 Å². The minimum atomic E-state index is -1.02. The van der Waals surface area contributed by atoms with Crippen molar-refractivity contribution in [3.8, 4) is 11.8 Å². The number of aromatic nitrogens is 1. The van der Waals surface area contributed by atoms with Crippen molar-refractivity contribution in [3.05, 3.63) is 64.4 Å². The number of rotatable bonds is 4. The summed E-state index contributed by atoms with van der Waals surface area (Å²) in [5, 5.41) is 11.4. The average molecular weight is 359 g/mol. The van der Waals surface area contributed by atoms with E-state index in [1.54, 1.807) is 42.6 Å². The predicted octanol–water partition coefficient (Wildman–Crippen LogP) is 0.697. The van der Waals surface area contributed by atoms with Crippen molar-refractivity contribution in [2.24, 2.45) is 5.73 Å². The van der Waals surface area contributed by atoms with Crippen molar-refractivity contribution in [3.63, 3.8) is 0 Å². The van der Waals surface area contributed by atoms with Crippen LogP contribution in [0.3, 0.4) is 0 Å². The van der Waals surface area contributed by atoms with Crippen LogP contribution in [0.25, 0.3) is 0 Å². The average Bonchev–Trinajstić information content (AvgIpc) is 2.65. The number of nitrogens with zero attached hydrogens (tertiary/aromatic N) is 1. The fraction of sp³-hybridized carbons (Fsp3) is 0.118. The van der Waals surface area contributed by atoms with Crippen LogP contribution in [0.2, 0.25) is 5.15 Å². The molecule has 2 rings (SSSR count). The molecule has 1 heterocycles. The lowest BCUT2D eigenvalue weighted by Crippen LogP contribution is -2.50. The Kier molecular flexibility index (Phi) is 6.48. The molecule has 0 aliphatic carbocycles. The number of hydrogen-bond acceptors (Lipinski definition) is 5. The molecule has 7 nitrogen and oxygen atoms in total. The number of nitrogens with two attached hydrogens (primary N) is 1. The van der Waals surface area contributed by atoms with Crippen LogP contribution in [-0.4, -0.2) is 34.6 Å². The highest BCUT2D eigenvalue weighted by atomic mass is 35.5. The molecule has 0 bridgehead atoms. The van der Waals surface area contributed by atoms with Crippen molar-refractivity contribution in [2.45, 2.75) is 6.04 Å². The summed E-state index contributed by atoms with van der Waals surface area (Å²) in [4.78, 5) is 27.3. The highest BCUT2D eigenvalue weighted by Crippen LogP contribution is 2.06. The molecule has 2 amide bonds. The summed E-state index contributed by atoms with van der Waals surface area (Å²) in [5.41, 5.74) is 8.59. The van der Waals surface area contributed by atoms with Crippen LogP contribution in [0, 0.1) is 11.8 Å². The summed E-state index contributed by atoms with van der Waals surface area (Å²) < 4.78 is 0. The Hall–Kier alpha value is -2.92. The summed E-state index contributed by atoms with van der Waals surface area (Å²) >= 11 is 5.71. The van der Waals surface area contributed by atoms with Gasteiger partial charge in [-0.25, -0.2) is 10.5 Å². The van der Waals surface area contributed by atoms with E-state index in [4.69, 9.17) is 22.5 Å². The Labute approximate surface area is 149 Å². The molecule has 0 spiro atoms. The topological polar surface area (TPSA) is 117 Å². The molecule has 2 aromatic rings. The number of carbonyl (C=O) groups is 2. The Bertz CT molecular complexity index is 811. The van der Waals surface area contributed by atoms with Gasteiger partial charge in [-0.3, -0.25) is 14.8 Å². The molecule has 1 atom stereocenters. The maximum absolute atomic E-state index is 12.1. The van der Waals surface area contributed by atoms with Crippen molar-refractivity contribution in [1.82, 2.24) is 15.8 Å². The Morgan fingerprint density at radius 2 is 1.80 bits per heavy atom. The number of pyridine rings is 1. The molecule has 0 aliphatic heterocycles. The van der Waals surface area contributed by atoms with Crippen LogP contribution in [0.1, 0.15) is 21.5 Å². The maximum Gasteiger partial charge on any atom is 0.267 e. The quantitative estimate of drug-likeness (QED) is 0.278. The smallest absolute Gasteiger partial charge is 0.267 e. The summed E-state index contributed by atoms with van der Waals surface area (Å²) in [7, 11) is 0. The first kappa shape index (κ1) is 18.4. The fourth-order valence-corrected chi connectivity index (χ4v) is 1.96. The molecule has 0 saturated heterocycles. The molecule has 0 aliphatic rings. The number of benzene rings is 1. The van der Waals surface area contributed by atoms with Crippen LogP contribution < -0.4 is 16.5 Å². The molecule has 25 heavy (non-hydrogen) atoms. The molecule has 8 heteroatoms. The second kappa shape index (κ2) is 8.80. The molecule has 0 saturated carbocycles. The molecule has 1 aromatic heterocycles. The maximum atomic E-state index is 12.1. The first-order valence-corrected chi connectivity index (χ1v) is 7.60. The number of nitrogens with one attached hydrogen (secondary N) is 2. The first-order chi connectivity index (χ1) is 12.0. The van der Waals surface area contributed by atoms with Crippen LogP contribution in [0.15, 0.2) is 42.6 Å². The third-order valence-corrected chi connectivity index (χ3v) is 3.42. The Balaban J connectivity index is 2.05. The van der Waals surface area contributed by atoms with Gasteiger partial charge in [-0.1, -0.05) is 23.4 Å². The molecule has 0 unspecified atom stereocenters. The number of hydroxylamine groups is 1. The summed E-state index contributed by atoms with van der Waals surface area (Å²) in [6, 6.07) is 8.88. The van der Waals surface area contributed by atoms with Crippen LogP contribution in [-0.2, 0) is 4.79 Å². The lowest BCUT2D eigenvalue weighted by atomic mass is 10.1. The number of hydrogen-bond donors (Lipinski definition) is 4. The molecule has 1 aromatic carbocycles. The van der Waals surface area contributed by atoms with Gasteiger partial charge in [0.2, 0.25) is 0 Å². The zero-order valence-electron chi connectivity index (χ0n) is 13.0. The Morgan fingerprint density at radius 3 is 2.36 bits per heavy atom. The third-order valence-electron chi connectivity index (χ3n) is 3.19. The Morgan fingerprint density at radius 1 is 1.16 bits per heavy atom. The van der Waals surface area contributed by atoms with Crippen molar-refractivity contribution in [1.29, 1.82) is 0 Å². The zero-order valence-corrected chi connectivity index (χ0v) is 13.7. The predicted molar refractivity (Wildman–Crippen MR) is 91.9 cm³/mol. The lowest BCUT2D eigenvalue weighted by molar-refractivity contribution is -0.130. The number of halogens is 1. The molecular weight excluding hydrogens is 344 g/mol. The molecule has 5 N–H and O–H groups in total. The van der Waals surface area contributed by atoms with E-state index in [0.717, 1.165) is 0 Å². The monoisotopic (exact) mass is 358 g/mol. The highest BCUT2D eigenvalue weighted by Gasteiger charge is 2.19. The van der Waals surface area contributed by atoms with E-state index in [2.05, 4.69) is 22.1 Å². The van der Waals surface area contributed by atoms with Crippen molar-refractivity contribution in [2.75, 3.05) is 6.54 Å². The van der Waals surface area contributed by atoms with Crippen LogP contribution in [0.5, 0.6) is 0 Å². The van der Waals surface area contributed by atoms with Gasteiger partial charge in [-0.05, 0) is 36.4 Å². The van der Waals surface area contributed by atoms with Gasteiger partial charge in [0.15, 0.2) is 0 Å². The second-order valence-electron chi connectivity index (χ2n) is 4.93. The van der Waals surface area contributed by atoms with E-state index < -0.39 is 17.9 Å². The molecular formula is C17H15ClN4O3. The normalized spacial score (nSPS) is 11.0. The van der Waals surface area contributed by atoms with E-state index in [0.29, 0.717) is 21.8 Å². The second-order valence-corrected chi connectivity index (χ2v) is 5.32. The van der Waals surface area contributed by atoms with E-state index in [-0.39, 0.29) is 6.54 Å². The SMILES string of the molecule is NC[C@H](NC(=O)c1ccc(C#Cc2ccc(Cl)nc2)cc1)C(=O)NO. The zero-order chi connectivity index (χ0) is 18.2.